The highest BCUT2D eigenvalue weighted by molar-refractivity contribution is 4.47. The Labute approximate surface area is 94.7 Å². The van der Waals surface area contributed by atoms with Gasteiger partial charge in [-0.15, -0.1) is 0 Å². The van der Waals surface area contributed by atoms with Gasteiger partial charge in [0.2, 0.25) is 0 Å². The van der Waals surface area contributed by atoms with E-state index >= 15 is 0 Å². The van der Waals surface area contributed by atoms with Gasteiger partial charge >= 0.3 is 0 Å². The lowest BCUT2D eigenvalue weighted by Gasteiger charge is -2.15. The van der Waals surface area contributed by atoms with Gasteiger partial charge < -0.3 is 14.4 Å². The molecule has 0 N–H and O–H groups in total. The van der Waals surface area contributed by atoms with Crippen LogP contribution in [0.2, 0.25) is 0 Å². The lowest BCUT2D eigenvalue weighted by molar-refractivity contribution is 0.0400. The molecule has 3 heteroatoms. The van der Waals surface area contributed by atoms with E-state index in [9.17, 15) is 0 Å². The third-order valence-electron chi connectivity index (χ3n) is 2.24. The molecule has 0 rings (SSSR count). The molecule has 0 saturated carbocycles. The summed E-state index contributed by atoms with van der Waals surface area (Å²) in [6.45, 7) is 9.67. The monoisotopic (exact) mass is 217 g/mol. The number of unbranched alkanes of at least 4 members (excludes halogenated alkanes) is 1. The summed E-state index contributed by atoms with van der Waals surface area (Å²) in [5, 5.41) is 0. The molecule has 0 spiro atoms. The van der Waals surface area contributed by atoms with Crippen LogP contribution in [0.15, 0.2) is 0 Å². The SMILES string of the molecule is CCCCOCCOCCN(C)CCC. The number of hydrogen-bond acceptors (Lipinski definition) is 3. The largest absolute Gasteiger partial charge is 0.379 e. The second kappa shape index (κ2) is 12.0. The van der Waals surface area contributed by atoms with Crippen molar-refractivity contribution < 1.29 is 9.47 Å². The zero-order valence-electron chi connectivity index (χ0n) is 10.6. The first-order valence-corrected chi connectivity index (χ1v) is 6.15. The van der Waals surface area contributed by atoms with E-state index < -0.39 is 0 Å². The van der Waals surface area contributed by atoms with Gasteiger partial charge in [-0.05, 0) is 26.4 Å². The normalized spacial score (nSPS) is 11.2. The van der Waals surface area contributed by atoms with Crippen molar-refractivity contribution in [1.82, 2.24) is 4.90 Å². The molecular formula is C12H27NO2. The molecule has 0 amide bonds. The predicted molar refractivity (Wildman–Crippen MR) is 64.3 cm³/mol. The molecule has 0 atom stereocenters. The summed E-state index contributed by atoms with van der Waals surface area (Å²) in [5.74, 6) is 0. The molecule has 0 unspecified atom stereocenters. The Kier molecular flexibility index (Phi) is 11.9. The fourth-order valence-electron chi connectivity index (χ4n) is 1.28. The van der Waals surface area contributed by atoms with Crippen LogP contribution in [-0.2, 0) is 9.47 Å². The number of ether oxygens (including phenoxy) is 2. The van der Waals surface area contributed by atoms with Crippen LogP contribution in [0.1, 0.15) is 33.1 Å². The number of nitrogens with zero attached hydrogens (tertiary/aromatic N) is 1. The van der Waals surface area contributed by atoms with Gasteiger partial charge in [0.15, 0.2) is 0 Å². The third-order valence-corrected chi connectivity index (χ3v) is 2.24. The standard InChI is InChI=1S/C12H27NO2/c1-4-6-9-14-11-12-15-10-8-13(3)7-5-2/h4-12H2,1-3H3. The maximum absolute atomic E-state index is 5.46. The van der Waals surface area contributed by atoms with E-state index in [1.807, 2.05) is 0 Å². The van der Waals surface area contributed by atoms with Crippen molar-refractivity contribution in [1.29, 1.82) is 0 Å². The molecule has 0 aliphatic rings. The van der Waals surface area contributed by atoms with Crippen molar-refractivity contribution in [3.63, 3.8) is 0 Å². The predicted octanol–water partition coefficient (Wildman–Crippen LogP) is 2.16. The molecule has 0 aliphatic carbocycles. The molecule has 0 aromatic carbocycles. The molecule has 92 valence electrons. The molecule has 0 aliphatic heterocycles. The minimum Gasteiger partial charge on any atom is -0.379 e. The lowest BCUT2D eigenvalue weighted by Crippen LogP contribution is -2.24. The summed E-state index contributed by atoms with van der Waals surface area (Å²) < 4.78 is 10.9. The first-order valence-electron chi connectivity index (χ1n) is 6.15. The van der Waals surface area contributed by atoms with Crippen LogP contribution < -0.4 is 0 Å². The molecule has 0 aromatic heterocycles. The molecule has 0 bridgehead atoms. The van der Waals surface area contributed by atoms with Gasteiger partial charge in [-0.25, -0.2) is 0 Å². The molecule has 0 fully saturated rings. The van der Waals surface area contributed by atoms with Gasteiger partial charge in [-0.1, -0.05) is 20.3 Å². The van der Waals surface area contributed by atoms with Crippen molar-refractivity contribution in [3.8, 4) is 0 Å². The van der Waals surface area contributed by atoms with Crippen LogP contribution in [0.4, 0.5) is 0 Å². The first-order chi connectivity index (χ1) is 7.31. The van der Waals surface area contributed by atoms with E-state index in [2.05, 4.69) is 25.8 Å². The minimum atomic E-state index is 0.726. The molecule has 0 radical (unpaired) electrons. The first kappa shape index (κ1) is 14.9. The molecule has 0 aromatic rings. The quantitative estimate of drug-likeness (QED) is 0.495. The second-order valence-corrected chi connectivity index (χ2v) is 3.88. The average molecular weight is 217 g/mol. The zero-order chi connectivity index (χ0) is 11.4. The van der Waals surface area contributed by atoms with Gasteiger partial charge in [-0.2, -0.15) is 0 Å². The Hall–Kier alpha value is -0.120. The summed E-state index contributed by atoms with van der Waals surface area (Å²) in [5.41, 5.74) is 0. The Morgan fingerprint density at radius 2 is 1.47 bits per heavy atom. The van der Waals surface area contributed by atoms with Crippen molar-refractivity contribution in [2.24, 2.45) is 0 Å². The highest BCUT2D eigenvalue weighted by Crippen LogP contribution is 1.89. The summed E-state index contributed by atoms with van der Waals surface area (Å²) in [4.78, 5) is 2.29. The smallest absolute Gasteiger partial charge is 0.0701 e. The number of likely N-dealkylation sites (N-methyl/N-ethyl adjacent to an activating group) is 1. The van der Waals surface area contributed by atoms with Crippen LogP contribution in [0.3, 0.4) is 0 Å². The summed E-state index contributed by atoms with van der Waals surface area (Å²) in [6.07, 6.45) is 3.55. The van der Waals surface area contributed by atoms with E-state index in [4.69, 9.17) is 9.47 Å². The van der Waals surface area contributed by atoms with E-state index in [1.165, 1.54) is 12.8 Å². The number of hydrogen-bond donors (Lipinski definition) is 0. The third kappa shape index (κ3) is 11.8. The summed E-state index contributed by atoms with van der Waals surface area (Å²) in [6, 6.07) is 0. The van der Waals surface area contributed by atoms with E-state index in [1.54, 1.807) is 0 Å². The lowest BCUT2D eigenvalue weighted by atomic mass is 10.4. The van der Waals surface area contributed by atoms with Gasteiger partial charge in [0.25, 0.3) is 0 Å². The summed E-state index contributed by atoms with van der Waals surface area (Å²) in [7, 11) is 2.13. The average Bonchev–Trinajstić information content (AvgIpc) is 2.22. The molecular weight excluding hydrogens is 190 g/mol. The fourth-order valence-corrected chi connectivity index (χ4v) is 1.28. The highest BCUT2D eigenvalue weighted by Gasteiger charge is 1.95. The van der Waals surface area contributed by atoms with Crippen molar-refractivity contribution in [2.45, 2.75) is 33.1 Å². The van der Waals surface area contributed by atoms with Gasteiger partial charge in [0, 0.05) is 13.2 Å². The Bertz CT molecular complexity index is 120. The van der Waals surface area contributed by atoms with Crippen molar-refractivity contribution >= 4 is 0 Å². The number of rotatable bonds is 11. The van der Waals surface area contributed by atoms with Crippen LogP contribution >= 0.6 is 0 Å². The second-order valence-electron chi connectivity index (χ2n) is 3.88. The maximum atomic E-state index is 5.46. The Morgan fingerprint density at radius 1 is 0.800 bits per heavy atom. The Balaban J connectivity index is 2.98. The minimum absolute atomic E-state index is 0.726. The zero-order valence-corrected chi connectivity index (χ0v) is 10.6. The molecule has 15 heavy (non-hydrogen) atoms. The highest BCUT2D eigenvalue weighted by atomic mass is 16.5. The van der Waals surface area contributed by atoms with Crippen molar-refractivity contribution in [2.75, 3.05) is 46.6 Å². The molecule has 0 saturated heterocycles. The van der Waals surface area contributed by atoms with Gasteiger partial charge in [-0.3, -0.25) is 0 Å². The maximum Gasteiger partial charge on any atom is 0.0701 e. The molecule has 0 heterocycles. The van der Waals surface area contributed by atoms with E-state index in [0.717, 1.165) is 45.9 Å². The van der Waals surface area contributed by atoms with E-state index in [0.29, 0.717) is 0 Å². The summed E-state index contributed by atoms with van der Waals surface area (Å²) >= 11 is 0. The fraction of sp³-hybridized carbons (Fsp3) is 1.00. The van der Waals surface area contributed by atoms with Gasteiger partial charge in [0.05, 0.1) is 19.8 Å². The van der Waals surface area contributed by atoms with Crippen LogP contribution in [0.25, 0.3) is 0 Å². The molecule has 3 nitrogen and oxygen atoms in total. The topological polar surface area (TPSA) is 21.7 Å². The van der Waals surface area contributed by atoms with E-state index in [-0.39, 0.29) is 0 Å². The van der Waals surface area contributed by atoms with Crippen LogP contribution in [-0.4, -0.2) is 51.5 Å². The van der Waals surface area contributed by atoms with Crippen LogP contribution in [0, 0.1) is 0 Å². The van der Waals surface area contributed by atoms with Gasteiger partial charge in [0.1, 0.15) is 0 Å². The van der Waals surface area contributed by atoms with Crippen LogP contribution in [0.5, 0.6) is 0 Å². The Morgan fingerprint density at radius 3 is 2.07 bits per heavy atom. The van der Waals surface area contributed by atoms with Crippen molar-refractivity contribution in [3.05, 3.63) is 0 Å².